The lowest BCUT2D eigenvalue weighted by Gasteiger charge is -2.05. The highest BCUT2D eigenvalue weighted by Gasteiger charge is 2.11. The maximum atomic E-state index is 12.1. The van der Waals surface area contributed by atoms with Crippen LogP contribution in [0.3, 0.4) is 0 Å². The number of imidazole rings is 1. The second-order valence-corrected chi connectivity index (χ2v) is 6.33. The Morgan fingerprint density at radius 1 is 1.50 bits per heavy atom. The number of amides is 1. The molecule has 0 unspecified atom stereocenters. The molecule has 0 aliphatic rings. The molecule has 0 aliphatic heterocycles. The van der Waals surface area contributed by atoms with Crippen LogP contribution in [0.4, 0.5) is 0 Å². The number of carbonyl (C=O) groups is 1. The molecule has 0 radical (unpaired) electrons. The van der Waals surface area contributed by atoms with Crippen molar-refractivity contribution >= 4 is 49.7 Å². The van der Waals surface area contributed by atoms with Gasteiger partial charge in [0, 0.05) is 22.2 Å². The maximum Gasteiger partial charge on any atom is 0.253 e. The van der Waals surface area contributed by atoms with Gasteiger partial charge in [-0.25, -0.2) is 4.98 Å². The summed E-state index contributed by atoms with van der Waals surface area (Å²) in [5.41, 5.74) is 1.26. The fraction of sp³-hybridized carbons (Fsp3) is 0.0769. The predicted molar refractivity (Wildman–Crippen MR) is 83.4 cm³/mol. The van der Waals surface area contributed by atoms with Crippen LogP contribution in [-0.4, -0.2) is 15.3 Å². The van der Waals surface area contributed by atoms with E-state index in [2.05, 4.69) is 26.2 Å². The highest BCUT2D eigenvalue weighted by atomic mass is 79.9. The fourth-order valence-corrected chi connectivity index (χ4v) is 3.08. The summed E-state index contributed by atoms with van der Waals surface area (Å²) in [6, 6.07) is 5.18. The van der Waals surface area contributed by atoms with E-state index >= 15 is 0 Å². The molecule has 1 N–H and O–H groups in total. The van der Waals surface area contributed by atoms with Gasteiger partial charge in [-0.05, 0) is 18.2 Å². The van der Waals surface area contributed by atoms with Crippen LogP contribution in [0.15, 0.2) is 40.4 Å². The molecule has 0 saturated heterocycles. The summed E-state index contributed by atoms with van der Waals surface area (Å²) in [4.78, 5) is 17.4. The number of nitrogens with one attached hydrogen (secondary N) is 1. The Kier molecular flexibility index (Phi) is 3.78. The van der Waals surface area contributed by atoms with Crippen molar-refractivity contribution in [3.8, 4) is 0 Å². The normalized spacial score (nSPS) is 10.9. The summed E-state index contributed by atoms with van der Waals surface area (Å²) in [7, 11) is 0. The van der Waals surface area contributed by atoms with Crippen molar-refractivity contribution in [2.45, 2.75) is 6.54 Å². The number of rotatable bonds is 3. The van der Waals surface area contributed by atoms with Gasteiger partial charge in [-0.1, -0.05) is 27.5 Å². The summed E-state index contributed by atoms with van der Waals surface area (Å²) in [6.07, 6.45) is 3.83. The van der Waals surface area contributed by atoms with E-state index in [0.717, 1.165) is 15.1 Å². The number of carbonyl (C=O) groups excluding carboxylic acids is 1. The van der Waals surface area contributed by atoms with Gasteiger partial charge in [0.25, 0.3) is 5.91 Å². The van der Waals surface area contributed by atoms with Crippen molar-refractivity contribution in [3.05, 3.63) is 56.7 Å². The van der Waals surface area contributed by atoms with E-state index in [1.54, 1.807) is 29.5 Å². The van der Waals surface area contributed by atoms with E-state index in [1.807, 2.05) is 22.2 Å². The Labute approximate surface area is 132 Å². The van der Waals surface area contributed by atoms with Gasteiger partial charge in [-0.2, -0.15) is 0 Å². The van der Waals surface area contributed by atoms with Crippen LogP contribution in [-0.2, 0) is 6.54 Å². The van der Waals surface area contributed by atoms with Gasteiger partial charge in [0.05, 0.1) is 22.8 Å². The van der Waals surface area contributed by atoms with Crippen LogP contribution in [0.1, 0.15) is 16.1 Å². The average Bonchev–Trinajstić information content (AvgIpc) is 2.99. The highest BCUT2D eigenvalue weighted by Crippen LogP contribution is 2.21. The first-order valence-electron chi connectivity index (χ1n) is 5.78. The number of hydrogen-bond donors (Lipinski definition) is 1. The lowest BCUT2D eigenvalue weighted by atomic mass is 10.2. The Morgan fingerprint density at radius 3 is 3.15 bits per heavy atom. The van der Waals surface area contributed by atoms with Gasteiger partial charge in [-0.3, -0.25) is 9.20 Å². The number of thiazole rings is 1. The molecule has 0 aliphatic carbocycles. The number of hydrogen-bond acceptors (Lipinski definition) is 3. The van der Waals surface area contributed by atoms with Crippen molar-refractivity contribution in [1.82, 2.24) is 14.7 Å². The maximum absolute atomic E-state index is 12.1. The molecule has 20 heavy (non-hydrogen) atoms. The zero-order valence-electron chi connectivity index (χ0n) is 10.1. The van der Waals surface area contributed by atoms with Crippen LogP contribution < -0.4 is 5.32 Å². The minimum Gasteiger partial charge on any atom is -0.346 e. The smallest absolute Gasteiger partial charge is 0.253 e. The van der Waals surface area contributed by atoms with Crippen LogP contribution >= 0.6 is 38.9 Å². The molecule has 102 valence electrons. The van der Waals surface area contributed by atoms with Crippen LogP contribution in [0, 0.1) is 0 Å². The number of fused-ring (bicyclic) bond motifs is 1. The van der Waals surface area contributed by atoms with E-state index in [1.165, 1.54) is 0 Å². The number of halogens is 2. The van der Waals surface area contributed by atoms with Gasteiger partial charge < -0.3 is 5.32 Å². The predicted octanol–water partition coefficient (Wildman–Crippen LogP) is 3.74. The van der Waals surface area contributed by atoms with Gasteiger partial charge in [0.1, 0.15) is 0 Å². The third kappa shape index (κ3) is 2.72. The number of nitrogens with zero attached hydrogens (tertiary/aromatic N) is 2. The minimum atomic E-state index is -0.215. The SMILES string of the molecule is O=C(NCc1cn2ccsc2n1)c1cc(Br)ccc1Cl. The first-order chi connectivity index (χ1) is 9.63. The molecular formula is C13H9BrClN3OS. The molecule has 7 heteroatoms. The lowest BCUT2D eigenvalue weighted by molar-refractivity contribution is 0.0950. The van der Waals surface area contributed by atoms with Crippen LogP contribution in [0.2, 0.25) is 5.02 Å². The Bertz CT molecular complexity index is 754. The topological polar surface area (TPSA) is 46.4 Å². The van der Waals surface area contributed by atoms with E-state index in [0.29, 0.717) is 17.1 Å². The van der Waals surface area contributed by atoms with Crippen molar-refractivity contribution < 1.29 is 4.79 Å². The summed E-state index contributed by atoms with van der Waals surface area (Å²) < 4.78 is 2.74. The standard InChI is InChI=1S/C13H9BrClN3OS/c14-8-1-2-11(15)10(5-8)12(19)16-6-9-7-18-3-4-20-13(18)17-9/h1-5,7H,6H2,(H,16,19). The van der Waals surface area contributed by atoms with Crippen molar-refractivity contribution in [2.24, 2.45) is 0 Å². The van der Waals surface area contributed by atoms with E-state index < -0.39 is 0 Å². The molecule has 0 fully saturated rings. The minimum absolute atomic E-state index is 0.215. The van der Waals surface area contributed by atoms with Gasteiger partial charge in [0.2, 0.25) is 0 Å². The summed E-state index contributed by atoms with van der Waals surface area (Å²) in [6.45, 7) is 0.371. The molecule has 0 saturated carbocycles. The largest absolute Gasteiger partial charge is 0.346 e. The fourth-order valence-electron chi connectivity index (χ4n) is 1.80. The van der Waals surface area contributed by atoms with Gasteiger partial charge >= 0.3 is 0 Å². The molecule has 1 amide bonds. The molecule has 0 spiro atoms. The Hall–Kier alpha value is -1.37. The summed E-state index contributed by atoms with van der Waals surface area (Å²) in [5.74, 6) is -0.215. The van der Waals surface area contributed by atoms with E-state index in [9.17, 15) is 4.79 Å². The average molecular weight is 371 g/mol. The quantitative estimate of drug-likeness (QED) is 0.763. The van der Waals surface area contributed by atoms with Gasteiger partial charge in [0.15, 0.2) is 4.96 Å². The molecule has 2 heterocycles. The van der Waals surface area contributed by atoms with Crippen LogP contribution in [0.25, 0.3) is 4.96 Å². The molecule has 1 aromatic carbocycles. The number of benzene rings is 1. The third-order valence-electron chi connectivity index (χ3n) is 2.75. The second kappa shape index (κ2) is 5.55. The molecule has 3 aromatic rings. The lowest BCUT2D eigenvalue weighted by Crippen LogP contribution is -2.23. The number of aromatic nitrogens is 2. The first kappa shape index (κ1) is 13.6. The first-order valence-corrected chi connectivity index (χ1v) is 7.83. The third-order valence-corrected chi connectivity index (χ3v) is 4.34. The van der Waals surface area contributed by atoms with Crippen molar-refractivity contribution in [3.63, 3.8) is 0 Å². The van der Waals surface area contributed by atoms with Crippen LogP contribution in [0.5, 0.6) is 0 Å². The highest BCUT2D eigenvalue weighted by molar-refractivity contribution is 9.10. The molecule has 2 aromatic heterocycles. The van der Waals surface area contributed by atoms with E-state index in [-0.39, 0.29) is 5.91 Å². The van der Waals surface area contributed by atoms with Crippen molar-refractivity contribution in [2.75, 3.05) is 0 Å². The molecule has 3 rings (SSSR count). The summed E-state index contributed by atoms with van der Waals surface area (Å²) >= 11 is 10.9. The molecule has 4 nitrogen and oxygen atoms in total. The molecule has 0 bridgehead atoms. The Morgan fingerprint density at radius 2 is 2.35 bits per heavy atom. The Balaban J connectivity index is 1.73. The van der Waals surface area contributed by atoms with Gasteiger partial charge in [-0.15, -0.1) is 11.3 Å². The zero-order chi connectivity index (χ0) is 14.1. The second-order valence-electron chi connectivity index (χ2n) is 4.13. The summed E-state index contributed by atoms with van der Waals surface area (Å²) in [5, 5.41) is 5.21. The van der Waals surface area contributed by atoms with Crippen molar-refractivity contribution in [1.29, 1.82) is 0 Å². The molecule has 0 atom stereocenters. The molecular weight excluding hydrogens is 362 g/mol. The van der Waals surface area contributed by atoms with E-state index in [4.69, 9.17) is 11.6 Å². The monoisotopic (exact) mass is 369 g/mol. The zero-order valence-corrected chi connectivity index (χ0v) is 13.3.